The summed E-state index contributed by atoms with van der Waals surface area (Å²) in [5, 5.41) is 3.41. The first-order chi connectivity index (χ1) is 12.8. The van der Waals surface area contributed by atoms with Crippen molar-refractivity contribution < 1.29 is 19.1 Å². The molecule has 0 saturated carbocycles. The number of rotatable bonds is 4. The number of halogens is 1. The summed E-state index contributed by atoms with van der Waals surface area (Å²) in [5.41, 5.74) is 3.56. The average molecular weight is 388 g/mol. The zero-order valence-corrected chi connectivity index (χ0v) is 16.3. The minimum Gasteiger partial charge on any atom is -0.492 e. The van der Waals surface area contributed by atoms with E-state index in [0.29, 0.717) is 17.1 Å². The average Bonchev–Trinajstić information content (AvgIpc) is 2.63. The van der Waals surface area contributed by atoms with Gasteiger partial charge in [-0.25, -0.2) is 0 Å². The summed E-state index contributed by atoms with van der Waals surface area (Å²) in [6, 6.07) is 11.1. The van der Waals surface area contributed by atoms with Gasteiger partial charge in [-0.05, 0) is 68.1 Å². The van der Waals surface area contributed by atoms with Crippen LogP contribution in [0.5, 0.6) is 5.75 Å². The summed E-state index contributed by atoms with van der Waals surface area (Å²) in [6.45, 7) is 5.64. The molecule has 27 heavy (non-hydrogen) atoms. The molecule has 0 unspecified atom stereocenters. The number of hydrogen-bond acceptors (Lipinski definition) is 4. The second-order valence-corrected chi connectivity index (χ2v) is 7.29. The van der Waals surface area contributed by atoms with Crippen molar-refractivity contribution >= 4 is 29.2 Å². The molecule has 2 atom stereocenters. The molecule has 1 aliphatic rings. The Kier molecular flexibility index (Phi) is 5.71. The van der Waals surface area contributed by atoms with Gasteiger partial charge >= 0.3 is 5.97 Å². The fourth-order valence-electron chi connectivity index (χ4n) is 2.94. The smallest absolute Gasteiger partial charge is 0.313 e. The van der Waals surface area contributed by atoms with E-state index < -0.39 is 18.0 Å². The third kappa shape index (κ3) is 4.61. The maximum absolute atomic E-state index is 12.5. The van der Waals surface area contributed by atoms with Crippen LogP contribution in [0.2, 0.25) is 5.02 Å². The van der Waals surface area contributed by atoms with E-state index in [2.05, 4.69) is 5.32 Å². The predicted molar refractivity (Wildman–Crippen MR) is 104 cm³/mol. The van der Waals surface area contributed by atoms with Crippen LogP contribution >= 0.6 is 11.6 Å². The normalized spacial score (nSPS) is 16.7. The van der Waals surface area contributed by atoms with Gasteiger partial charge in [0.1, 0.15) is 12.4 Å². The van der Waals surface area contributed by atoms with E-state index in [1.54, 1.807) is 25.1 Å². The molecule has 0 saturated heterocycles. The van der Waals surface area contributed by atoms with E-state index in [4.69, 9.17) is 21.1 Å². The maximum Gasteiger partial charge on any atom is 0.313 e. The van der Waals surface area contributed by atoms with Gasteiger partial charge in [-0.3, -0.25) is 9.59 Å². The fourth-order valence-corrected chi connectivity index (χ4v) is 3.14. The zero-order chi connectivity index (χ0) is 19.6. The standard InChI is InChI=1S/C21H22ClNO4/c1-12-4-5-13(2)18(8-12)23-20(24)14(3)27-21(25)16-9-15-10-17(22)6-7-19(15)26-11-16/h4-8,10,14,16H,9,11H2,1-3H3,(H,23,24)/t14-,16+/m1/s1. The van der Waals surface area contributed by atoms with Gasteiger partial charge in [0, 0.05) is 10.7 Å². The van der Waals surface area contributed by atoms with E-state index in [1.807, 2.05) is 32.0 Å². The van der Waals surface area contributed by atoms with Crippen LogP contribution in [0.15, 0.2) is 36.4 Å². The van der Waals surface area contributed by atoms with Crippen molar-refractivity contribution in [2.24, 2.45) is 5.92 Å². The monoisotopic (exact) mass is 387 g/mol. The Hall–Kier alpha value is -2.53. The van der Waals surface area contributed by atoms with Gasteiger partial charge in [0.15, 0.2) is 6.10 Å². The number of aryl methyl sites for hydroxylation is 2. The Labute approximate surface area is 163 Å². The first kappa shape index (κ1) is 19.2. The molecule has 0 fully saturated rings. The number of anilines is 1. The lowest BCUT2D eigenvalue weighted by atomic mass is 9.97. The largest absolute Gasteiger partial charge is 0.492 e. The lowest BCUT2D eigenvalue weighted by Crippen LogP contribution is -2.36. The molecule has 0 aliphatic carbocycles. The number of nitrogens with one attached hydrogen (secondary N) is 1. The van der Waals surface area contributed by atoms with Gasteiger partial charge in [-0.1, -0.05) is 23.7 Å². The van der Waals surface area contributed by atoms with Crippen LogP contribution in [0.3, 0.4) is 0 Å². The minimum absolute atomic E-state index is 0.221. The van der Waals surface area contributed by atoms with Crippen molar-refractivity contribution in [3.63, 3.8) is 0 Å². The van der Waals surface area contributed by atoms with Crippen molar-refractivity contribution in [2.45, 2.75) is 33.3 Å². The summed E-state index contributed by atoms with van der Waals surface area (Å²) in [6.07, 6.45) is -0.432. The second kappa shape index (κ2) is 8.01. The summed E-state index contributed by atoms with van der Waals surface area (Å²) in [5.74, 6) is -0.558. The highest BCUT2D eigenvalue weighted by Crippen LogP contribution is 2.30. The molecule has 6 heteroatoms. The molecule has 0 spiro atoms. The van der Waals surface area contributed by atoms with E-state index in [0.717, 1.165) is 22.4 Å². The molecule has 2 aromatic carbocycles. The lowest BCUT2D eigenvalue weighted by Gasteiger charge is -2.25. The van der Waals surface area contributed by atoms with Gasteiger partial charge in [0.05, 0.1) is 5.92 Å². The highest BCUT2D eigenvalue weighted by molar-refractivity contribution is 6.30. The van der Waals surface area contributed by atoms with Crippen LogP contribution in [0, 0.1) is 19.8 Å². The third-order valence-electron chi connectivity index (χ3n) is 4.58. The number of amides is 1. The fraction of sp³-hybridized carbons (Fsp3) is 0.333. The van der Waals surface area contributed by atoms with Gasteiger partial charge in [-0.15, -0.1) is 0 Å². The minimum atomic E-state index is -0.904. The Morgan fingerprint density at radius 3 is 2.78 bits per heavy atom. The molecule has 1 aliphatic heterocycles. The molecular weight excluding hydrogens is 366 g/mol. The number of carbonyl (C=O) groups is 2. The Bertz CT molecular complexity index is 880. The van der Waals surface area contributed by atoms with Crippen LogP contribution in [-0.2, 0) is 20.7 Å². The highest BCUT2D eigenvalue weighted by atomic mass is 35.5. The molecular formula is C21H22ClNO4. The lowest BCUT2D eigenvalue weighted by molar-refractivity contribution is -0.158. The number of esters is 1. The van der Waals surface area contributed by atoms with E-state index >= 15 is 0 Å². The van der Waals surface area contributed by atoms with Gasteiger partial charge in [0.2, 0.25) is 0 Å². The van der Waals surface area contributed by atoms with Crippen LogP contribution in [0.4, 0.5) is 5.69 Å². The molecule has 1 heterocycles. The first-order valence-corrected chi connectivity index (χ1v) is 9.21. The Morgan fingerprint density at radius 1 is 1.22 bits per heavy atom. The molecule has 142 valence electrons. The van der Waals surface area contributed by atoms with Crippen molar-refractivity contribution in [1.29, 1.82) is 0 Å². The SMILES string of the molecule is Cc1ccc(C)c(NC(=O)[C@@H](C)OC(=O)[C@@H]2COc3ccc(Cl)cc3C2)c1. The summed E-state index contributed by atoms with van der Waals surface area (Å²) < 4.78 is 11.0. The maximum atomic E-state index is 12.5. The molecule has 0 radical (unpaired) electrons. The predicted octanol–water partition coefficient (Wildman–Crippen LogP) is 4.08. The number of fused-ring (bicyclic) bond motifs is 1. The number of ether oxygens (including phenoxy) is 2. The van der Waals surface area contributed by atoms with Crippen molar-refractivity contribution in [3.8, 4) is 5.75 Å². The molecule has 0 bridgehead atoms. The van der Waals surface area contributed by atoms with Gasteiger partial charge in [0.25, 0.3) is 5.91 Å². The molecule has 1 amide bonds. The van der Waals surface area contributed by atoms with Crippen molar-refractivity contribution in [3.05, 3.63) is 58.1 Å². The van der Waals surface area contributed by atoms with Gasteiger partial charge < -0.3 is 14.8 Å². The molecule has 3 rings (SSSR count). The third-order valence-corrected chi connectivity index (χ3v) is 4.81. The Morgan fingerprint density at radius 2 is 2.00 bits per heavy atom. The Balaban J connectivity index is 1.60. The van der Waals surface area contributed by atoms with Crippen molar-refractivity contribution in [2.75, 3.05) is 11.9 Å². The summed E-state index contributed by atoms with van der Waals surface area (Å²) in [4.78, 5) is 24.9. The van der Waals surface area contributed by atoms with Crippen LogP contribution in [0.25, 0.3) is 0 Å². The summed E-state index contributed by atoms with van der Waals surface area (Å²) >= 11 is 6.01. The zero-order valence-electron chi connectivity index (χ0n) is 15.5. The molecule has 2 aromatic rings. The second-order valence-electron chi connectivity index (χ2n) is 6.85. The van der Waals surface area contributed by atoms with Crippen LogP contribution < -0.4 is 10.1 Å². The summed E-state index contributed by atoms with van der Waals surface area (Å²) in [7, 11) is 0. The molecule has 1 N–H and O–H groups in total. The van der Waals surface area contributed by atoms with Crippen LogP contribution in [-0.4, -0.2) is 24.6 Å². The number of benzene rings is 2. The van der Waals surface area contributed by atoms with E-state index in [1.165, 1.54) is 0 Å². The molecule has 5 nitrogen and oxygen atoms in total. The van der Waals surface area contributed by atoms with E-state index in [9.17, 15) is 9.59 Å². The van der Waals surface area contributed by atoms with E-state index in [-0.39, 0.29) is 12.5 Å². The number of hydrogen-bond donors (Lipinski definition) is 1. The molecule has 0 aromatic heterocycles. The highest BCUT2D eigenvalue weighted by Gasteiger charge is 2.30. The first-order valence-electron chi connectivity index (χ1n) is 8.83. The topological polar surface area (TPSA) is 64.6 Å². The van der Waals surface area contributed by atoms with Crippen LogP contribution in [0.1, 0.15) is 23.6 Å². The van der Waals surface area contributed by atoms with Gasteiger partial charge in [-0.2, -0.15) is 0 Å². The van der Waals surface area contributed by atoms with Crippen molar-refractivity contribution in [1.82, 2.24) is 0 Å². The quantitative estimate of drug-likeness (QED) is 0.803. The number of carbonyl (C=O) groups excluding carboxylic acids is 2.